The second-order valence-electron chi connectivity index (χ2n) is 5.06. The Kier molecular flexibility index (Phi) is 3.57. The first-order valence-electron chi connectivity index (χ1n) is 5.97. The van der Waals surface area contributed by atoms with Crippen LogP contribution in [0.25, 0.3) is 0 Å². The highest BCUT2D eigenvalue weighted by Crippen LogP contribution is 2.40. The first-order valence-corrected chi connectivity index (χ1v) is 7.26. The highest BCUT2D eigenvalue weighted by atomic mass is 32.2. The molecule has 0 amide bonds. The second kappa shape index (κ2) is 4.84. The Morgan fingerprint density at radius 3 is 2.72 bits per heavy atom. The van der Waals surface area contributed by atoms with E-state index in [1.165, 1.54) is 11.1 Å². The first kappa shape index (κ1) is 13.3. The predicted molar refractivity (Wildman–Crippen MR) is 76.2 cm³/mol. The Bertz CT molecular complexity index is 483. The third kappa shape index (κ3) is 1.99. The molecule has 0 bridgehead atoms. The Labute approximate surface area is 112 Å². The Morgan fingerprint density at radius 1 is 1.44 bits per heavy atom. The molecule has 0 fully saturated rings. The highest BCUT2D eigenvalue weighted by molar-refractivity contribution is 8.00. The van der Waals surface area contributed by atoms with E-state index < -0.39 is 0 Å². The number of thioether (sulfide) groups is 1. The van der Waals surface area contributed by atoms with E-state index in [-0.39, 0.29) is 10.7 Å². The zero-order valence-electron chi connectivity index (χ0n) is 11.2. The fourth-order valence-electron chi connectivity index (χ4n) is 2.66. The summed E-state index contributed by atoms with van der Waals surface area (Å²) in [5, 5.41) is 13.1. The summed E-state index contributed by atoms with van der Waals surface area (Å²) in [5.74, 6) is 0.849. The van der Waals surface area contributed by atoms with Crippen molar-refractivity contribution in [1.29, 1.82) is 0 Å². The summed E-state index contributed by atoms with van der Waals surface area (Å²) in [4.78, 5) is 0. The van der Waals surface area contributed by atoms with E-state index in [4.69, 9.17) is 4.74 Å². The lowest BCUT2D eigenvalue weighted by molar-refractivity contribution is 0.311. The third-order valence-corrected chi connectivity index (χ3v) is 4.69. The van der Waals surface area contributed by atoms with E-state index >= 15 is 0 Å². The van der Waals surface area contributed by atoms with Gasteiger partial charge in [0.1, 0.15) is 5.75 Å². The summed E-state index contributed by atoms with van der Waals surface area (Å²) >= 11 is 1.73. The van der Waals surface area contributed by atoms with Crippen LogP contribution in [0.1, 0.15) is 25.0 Å². The number of benzene rings is 1. The molecule has 1 N–H and O–H groups in total. The van der Waals surface area contributed by atoms with Gasteiger partial charge in [-0.25, -0.2) is 0 Å². The fraction of sp³-hybridized carbons (Fsp3) is 0.500. The molecule has 3 nitrogen and oxygen atoms in total. The Morgan fingerprint density at radius 2 is 2.17 bits per heavy atom. The SMILES string of the molecule is COc1ccc2c(c1)C(C)(C)/C(=N\O)C(SC)C2. The average molecular weight is 265 g/mol. The number of methoxy groups -OCH3 is 1. The fourth-order valence-corrected chi connectivity index (χ4v) is 3.57. The minimum Gasteiger partial charge on any atom is -0.497 e. The summed E-state index contributed by atoms with van der Waals surface area (Å²) in [6.45, 7) is 4.20. The van der Waals surface area contributed by atoms with E-state index in [2.05, 4.69) is 37.4 Å². The number of fused-ring (bicyclic) bond motifs is 1. The van der Waals surface area contributed by atoms with Crippen molar-refractivity contribution < 1.29 is 9.94 Å². The molecule has 4 heteroatoms. The smallest absolute Gasteiger partial charge is 0.119 e. The number of hydrogen-bond donors (Lipinski definition) is 1. The molecule has 2 rings (SSSR count). The molecule has 1 aromatic rings. The molecule has 98 valence electrons. The van der Waals surface area contributed by atoms with Gasteiger partial charge in [-0.15, -0.1) is 0 Å². The van der Waals surface area contributed by atoms with Crippen LogP contribution in [-0.2, 0) is 11.8 Å². The molecule has 1 unspecified atom stereocenters. The van der Waals surface area contributed by atoms with Crippen LogP contribution in [0.3, 0.4) is 0 Å². The van der Waals surface area contributed by atoms with Gasteiger partial charge in [-0.05, 0) is 35.9 Å². The minimum atomic E-state index is -0.259. The zero-order valence-corrected chi connectivity index (χ0v) is 12.0. The maximum atomic E-state index is 9.32. The van der Waals surface area contributed by atoms with Crippen molar-refractivity contribution >= 4 is 17.5 Å². The Hall–Kier alpha value is -1.16. The lowest BCUT2D eigenvalue weighted by Crippen LogP contribution is -2.42. The van der Waals surface area contributed by atoms with Crippen LogP contribution in [-0.4, -0.2) is 29.5 Å². The van der Waals surface area contributed by atoms with Gasteiger partial charge in [0.25, 0.3) is 0 Å². The quantitative estimate of drug-likeness (QED) is 0.660. The molecule has 0 aromatic heterocycles. The van der Waals surface area contributed by atoms with Crippen molar-refractivity contribution in [2.75, 3.05) is 13.4 Å². The monoisotopic (exact) mass is 265 g/mol. The van der Waals surface area contributed by atoms with Crippen LogP contribution in [0, 0.1) is 0 Å². The van der Waals surface area contributed by atoms with E-state index in [1.54, 1.807) is 18.9 Å². The summed E-state index contributed by atoms with van der Waals surface area (Å²) in [6, 6.07) is 6.16. The van der Waals surface area contributed by atoms with E-state index in [9.17, 15) is 5.21 Å². The van der Waals surface area contributed by atoms with Crippen LogP contribution in [0.4, 0.5) is 0 Å². The van der Waals surface area contributed by atoms with Gasteiger partial charge in [0, 0.05) is 5.41 Å². The lowest BCUT2D eigenvalue weighted by Gasteiger charge is -2.37. The number of ether oxygens (including phenoxy) is 1. The number of nitrogens with zero attached hydrogens (tertiary/aromatic N) is 1. The highest BCUT2D eigenvalue weighted by Gasteiger charge is 2.39. The maximum Gasteiger partial charge on any atom is 0.119 e. The molecule has 0 radical (unpaired) electrons. The van der Waals surface area contributed by atoms with Gasteiger partial charge in [-0.1, -0.05) is 25.1 Å². The Balaban J connectivity index is 2.57. The number of hydrogen-bond acceptors (Lipinski definition) is 4. The molecule has 0 saturated heterocycles. The number of oxime groups is 1. The molecule has 1 aliphatic rings. The minimum absolute atomic E-state index is 0.242. The van der Waals surface area contributed by atoms with Crippen LogP contribution >= 0.6 is 11.8 Å². The van der Waals surface area contributed by atoms with Gasteiger partial charge >= 0.3 is 0 Å². The molecule has 1 aliphatic carbocycles. The summed E-state index contributed by atoms with van der Waals surface area (Å²) in [6.07, 6.45) is 2.96. The molecule has 18 heavy (non-hydrogen) atoms. The van der Waals surface area contributed by atoms with Crippen molar-refractivity contribution in [1.82, 2.24) is 0 Å². The molecular formula is C14H19NO2S. The molecule has 1 atom stereocenters. The van der Waals surface area contributed by atoms with Crippen molar-refractivity contribution in [2.45, 2.75) is 30.9 Å². The van der Waals surface area contributed by atoms with Crippen molar-refractivity contribution in [2.24, 2.45) is 5.16 Å². The molecule has 0 heterocycles. The third-order valence-electron chi connectivity index (χ3n) is 3.73. The normalized spacial score (nSPS) is 23.8. The van der Waals surface area contributed by atoms with Crippen LogP contribution < -0.4 is 4.74 Å². The summed E-state index contributed by atoms with van der Waals surface area (Å²) in [7, 11) is 1.67. The van der Waals surface area contributed by atoms with Crippen LogP contribution in [0.2, 0.25) is 0 Å². The van der Waals surface area contributed by atoms with Gasteiger partial charge < -0.3 is 9.94 Å². The van der Waals surface area contributed by atoms with Gasteiger partial charge in [-0.2, -0.15) is 11.8 Å². The van der Waals surface area contributed by atoms with Gasteiger partial charge in [0.05, 0.1) is 18.1 Å². The largest absolute Gasteiger partial charge is 0.497 e. The standard InChI is InChI=1S/C14H19NO2S/c1-14(2)11-8-10(17-3)6-5-9(11)7-12(18-4)13(14)15-16/h5-6,8,12,16H,7H2,1-4H3/b15-13-. The lowest BCUT2D eigenvalue weighted by atomic mass is 9.71. The molecule has 1 aromatic carbocycles. The van der Waals surface area contributed by atoms with E-state index in [0.717, 1.165) is 17.9 Å². The predicted octanol–water partition coefficient (Wildman–Crippen LogP) is 3.09. The van der Waals surface area contributed by atoms with Gasteiger partial charge in [0.15, 0.2) is 0 Å². The van der Waals surface area contributed by atoms with Gasteiger partial charge in [0.2, 0.25) is 0 Å². The van der Waals surface area contributed by atoms with Crippen molar-refractivity contribution in [3.63, 3.8) is 0 Å². The summed E-state index contributed by atoms with van der Waals surface area (Å²) in [5.41, 5.74) is 3.09. The molecule has 0 aliphatic heterocycles. The first-order chi connectivity index (χ1) is 8.54. The number of rotatable bonds is 2. The van der Waals surface area contributed by atoms with Crippen molar-refractivity contribution in [3.8, 4) is 5.75 Å². The summed E-state index contributed by atoms with van der Waals surface area (Å²) < 4.78 is 5.29. The molecular weight excluding hydrogens is 246 g/mol. The van der Waals surface area contributed by atoms with Crippen LogP contribution in [0.15, 0.2) is 23.4 Å². The van der Waals surface area contributed by atoms with Gasteiger partial charge in [-0.3, -0.25) is 0 Å². The van der Waals surface area contributed by atoms with Crippen molar-refractivity contribution in [3.05, 3.63) is 29.3 Å². The maximum absolute atomic E-state index is 9.32. The van der Waals surface area contributed by atoms with Crippen LogP contribution in [0.5, 0.6) is 5.75 Å². The second-order valence-corrected chi connectivity index (χ2v) is 6.10. The van der Waals surface area contributed by atoms with E-state index in [1.807, 2.05) is 6.07 Å². The topological polar surface area (TPSA) is 41.8 Å². The van der Waals surface area contributed by atoms with E-state index in [0.29, 0.717) is 0 Å². The average Bonchev–Trinajstić information content (AvgIpc) is 2.37. The zero-order chi connectivity index (χ0) is 13.3. The molecule has 0 spiro atoms. The molecule has 0 saturated carbocycles.